The number of halogens is 1. The number of thiophene rings is 1. The Hall–Kier alpha value is -1.67. The average molecular weight is 399 g/mol. The highest BCUT2D eigenvalue weighted by Gasteiger charge is 2.12. The van der Waals surface area contributed by atoms with E-state index in [4.69, 9.17) is 11.6 Å². The zero-order valence-electron chi connectivity index (χ0n) is 13.9. The fraction of sp³-hybridized carbons (Fsp3) is 0.235. The molecule has 0 radical (unpaired) electrons. The van der Waals surface area contributed by atoms with Crippen LogP contribution >= 0.6 is 22.9 Å². The van der Waals surface area contributed by atoms with Gasteiger partial charge in [0.05, 0.1) is 15.8 Å². The van der Waals surface area contributed by atoms with E-state index in [2.05, 4.69) is 4.72 Å². The minimum Gasteiger partial charge on any atom is -0.334 e. The van der Waals surface area contributed by atoms with Crippen LogP contribution in [-0.2, 0) is 21.4 Å². The summed E-state index contributed by atoms with van der Waals surface area (Å²) < 4.78 is 26.3. The molecule has 0 aliphatic heterocycles. The number of hydrogen-bond acceptors (Lipinski definition) is 4. The maximum Gasteiger partial charge on any atom is 0.246 e. The molecule has 1 heterocycles. The first-order chi connectivity index (χ1) is 11.9. The molecule has 0 bridgehead atoms. The number of carbonyl (C=O) groups is 1. The Morgan fingerprint density at radius 3 is 2.44 bits per heavy atom. The van der Waals surface area contributed by atoms with Crippen LogP contribution in [0.25, 0.3) is 6.08 Å². The van der Waals surface area contributed by atoms with E-state index in [1.54, 1.807) is 23.1 Å². The van der Waals surface area contributed by atoms with Gasteiger partial charge in [-0.3, -0.25) is 4.79 Å². The lowest BCUT2D eigenvalue weighted by atomic mass is 10.2. The van der Waals surface area contributed by atoms with Crippen LogP contribution in [0.2, 0.25) is 4.34 Å². The molecule has 1 amide bonds. The number of hydrogen-bond donors (Lipinski definition) is 1. The van der Waals surface area contributed by atoms with Gasteiger partial charge >= 0.3 is 0 Å². The smallest absolute Gasteiger partial charge is 0.246 e. The minimum atomic E-state index is -3.46. The molecular formula is C17H19ClN2O3S2. The third kappa shape index (κ3) is 5.40. The van der Waals surface area contributed by atoms with Gasteiger partial charge in [-0.2, -0.15) is 0 Å². The molecule has 134 valence electrons. The van der Waals surface area contributed by atoms with Gasteiger partial charge < -0.3 is 4.90 Å². The summed E-state index contributed by atoms with van der Waals surface area (Å²) in [6.45, 7) is 3.01. The van der Waals surface area contributed by atoms with Crippen molar-refractivity contribution in [1.82, 2.24) is 9.62 Å². The topological polar surface area (TPSA) is 66.5 Å². The van der Waals surface area contributed by atoms with Crippen molar-refractivity contribution in [1.29, 1.82) is 0 Å². The molecule has 25 heavy (non-hydrogen) atoms. The van der Waals surface area contributed by atoms with Crippen molar-refractivity contribution in [3.05, 3.63) is 57.3 Å². The van der Waals surface area contributed by atoms with Crippen molar-refractivity contribution < 1.29 is 13.2 Å². The van der Waals surface area contributed by atoms with Gasteiger partial charge in [0.25, 0.3) is 0 Å². The van der Waals surface area contributed by atoms with Gasteiger partial charge in [-0.1, -0.05) is 23.7 Å². The molecule has 5 nitrogen and oxygen atoms in total. The number of amides is 1. The van der Waals surface area contributed by atoms with Gasteiger partial charge in [-0.25, -0.2) is 13.1 Å². The van der Waals surface area contributed by atoms with Gasteiger partial charge in [0.2, 0.25) is 15.9 Å². The summed E-state index contributed by atoms with van der Waals surface area (Å²) in [7, 11) is -2.09. The summed E-state index contributed by atoms with van der Waals surface area (Å²) >= 11 is 7.37. The number of likely N-dealkylation sites (N-methyl/N-ethyl adjacent to an activating group) is 1. The van der Waals surface area contributed by atoms with Gasteiger partial charge in [0.15, 0.2) is 0 Å². The highest BCUT2D eigenvalue weighted by atomic mass is 35.5. The van der Waals surface area contributed by atoms with Crippen LogP contribution in [0.5, 0.6) is 0 Å². The number of carbonyl (C=O) groups excluding carboxylic acids is 1. The van der Waals surface area contributed by atoms with Gasteiger partial charge in [-0.15, -0.1) is 11.3 Å². The summed E-state index contributed by atoms with van der Waals surface area (Å²) in [6.07, 6.45) is 3.16. The number of benzene rings is 1. The Kier molecular flexibility index (Phi) is 6.78. The molecule has 2 aromatic rings. The zero-order valence-corrected chi connectivity index (χ0v) is 16.3. The molecule has 1 aromatic carbocycles. The number of nitrogens with one attached hydrogen (secondary N) is 1. The second-order valence-electron chi connectivity index (χ2n) is 5.17. The van der Waals surface area contributed by atoms with Crippen LogP contribution in [0, 0.1) is 0 Å². The molecule has 0 saturated heterocycles. The van der Waals surface area contributed by atoms with E-state index in [0.29, 0.717) is 17.4 Å². The highest BCUT2D eigenvalue weighted by molar-refractivity contribution is 7.89. The predicted molar refractivity (Wildman–Crippen MR) is 102 cm³/mol. The van der Waals surface area contributed by atoms with Crippen molar-refractivity contribution in [2.45, 2.75) is 18.4 Å². The van der Waals surface area contributed by atoms with Crippen molar-refractivity contribution in [2.24, 2.45) is 0 Å². The molecule has 1 aromatic heterocycles. The average Bonchev–Trinajstić information content (AvgIpc) is 3.03. The van der Waals surface area contributed by atoms with Crippen LogP contribution in [-0.4, -0.2) is 32.8 Å². The Morgan fingerprint density at radius 2 is 1.92 bits per heavy atom. The Balaban J connectivity index is 2.05. The zero-order chi connectivity index (χ0) is 18.4. The summed E-state index contributed by atoms with van der Waals surface area (Å²) in [5.74, 6) is -0.112. The number of sulfonamides is 1. The normalized spacial score (nSPS) is 11.8. The van der Waals surface area contributed by atoms with Crippen LogP contribution in [0.4, 0.5) is 0 Å². The molecule has 0 saturated carbocycles. The lowest BCUT2D eigenvalue weighted by molar-refractivity contribution is -0.126. The second-order valence-corrected chi connectivity index (χ2v) is 8.85. The minimum absolute atomic E-state index is 0.112. The fourth-order valence-corrected chi connectivity index (χ4v) is 3.95. The first kappa shape index (κ1) is 19.7. The second kappa shape index (κ2) is 8.62. The maximum atomic E-state index is 12.3. The molecule has 2 rings (SSSR count). The Morgan fingerprint density at radius 1 is 1.24 bits per heavy atom. The van der Waals surface area contributed by atoms with Crippen molar-refractivity contribution in [3.8, 4) is 0 Å². The third-order valence-electron chi connectivity index (χ3n) is 3.55. The monoisotopic (exact) mass is 398 g/mol. The van der Waals surface area contributed by atoms with Crippen LogP contribution in [0.3, 0.4) is 0 Å². The van der Waals surface area contributed by atoms with E-state index in [1.807, 2.05) is 19.1 Å². The molecule has 0 unspecified atom stereocenters. The molecule has 0 atom stereocenters. The number of rotatable bonds is 7. The van der Waals surface area contributed by atoms with Crippen molar-refractivity contribution in [3.63, 3.8) is 0 Å². The predicted octanol–water partition coefficient (Wildman–Crippen LogP) is 3.37. The van der Waals surface area contributed by atoms with Crippen LogP contribution in [0.15, 0.2) is 47.4 Å². The largest absolute Gasteiger partial charge is 0.334 e. The van der Waals surface area contributed by atoms with E-state index in [9.17, 15) is 13.2 Å². The molecule has 1 N–H and O–H groups in total. The van der Waals surface area contributed by atoms with Gasteiger partial charge in [0, 0.05) is 17.5 Å². The van der Waals surface area contributed by atoms with E-state index < -0.39 is 10.0 Å². The molecular weight excluding hydrogens is 380 g/mol. The summed E-state index contributed by atoms with van der Waals surface area (Å²) in [4.78, 5) is 15.2. The number of nitrogens with zero attached hydrogens (tertiary/aromatic N) is 1. The standard InChI is InChI=1S/C17H19ClN2O3S2/c1-3-20(12-14-7-10-16(18)24-14)17(21)11-6-13-4-8-15(9-5-13)25(22,23)19-2/h4-11,19H,3,12H2,1-2H3/b11-6+. The van der Waals surface area contributed by atoms with Gasteiger partial charge in [0.1, 0.15) is 0 Å². The lowest BCUT2D eigenvalue weighted by Crippen LogP contribution is -2.28. The van der Waals surface area contributed by atoms with Crippen molar-refractivity contribution in [2.75, 3.05) is 13.6 Å². The van der Waals surface area contributed by atoms with E-state index >= 15 is 0 Å². The van der Waals surface area contributed by atoms with Crippen molar-refractivity contribution >= 4 is 44.9 Å². The first-order valence-corrected chi connectivity index (χ1v) is 10.3. The van der Waals surface area contributed by atoms with E-state index in [0.717, 1.165) is 10.4 Å². The summed E-state index contributed by atoms with van der Waals surface area (Å²) in [5.41, 5.74) is 0.749. The first-order valence-electron chi connectivity index (χ1n) is 7.60. The lowest BCUT2D eigenvalue weighted by Gasteiger charge is -2.18. The van der Waals surface area contributed by atoms with Crippen LogP contribution in [0.1, 0.15) is 17.4 Å². The molecule has 0 spiro atoms. The molecule has 8 heteroatoms. The summed E-state index contributed by atoms with van der Waals surface area (Å²) in [5, 5.41) is 0. The molecule has 0 fully saturated rings. The van der Waals surface area contributed by atoms with Crippen LogP contribution < -0.4 is 4.72 Å². The van der Waals surface area contributed by atoms with E-state index in [1.165, 1.54) is 36.6 Å². The van der Waals surface area contributed by atoms with E-state index in [-0.39, 0.29) is 10.8 Å². The van der Waals surface area contributed by atoms with Gasteiger partial charge in [-0.05, 0) is 49.9 Å². The third-order valence-corrected chi connectivity index (χ3v) is 6.19. The molecule has 0 aliphatic rings. The highest BCUT2D eigenvalue weighted by Crippen LogP contribution is 2.22. The fourth-order valence-electron chi connectivity index (χ4n) is 2.12. The quantitative estimate of drug-likeness (QED) is 0.727. The summed E-state index contributed by atoms with van der Waals surface area (Å²) in [6, 6.07) is 10.0. The SMILES string of the molecule is CCN(Cc1ccc(Cl)s1)C(=O)/C=C/c1ccc(S(=O)(=O)NC)cc1. The maximum absolute atomic E-state index is 12.3. The molecule has 0 aliphatic carbocycles. The Bertz CT molecular complexity index is 858. The Labute approximate surface area is 157 Å².